The lowest BCUT2D eigenvalue weighted by molar-refractivity contribution is -0.120. The van der Waals surface area contributed by atoms with Gasteiger partial charge in [0.25, 0.3) is 0 Å². The maximum absolute atomic E-state index is 10.4. The summed E-state index contributed by atoms with van der Waals surface area (Å²) in [6, 6.07) is 10.9. The zero-order chi connectivity index (χ0) is 16.1. The summed E-state index contributed by atoms with van der Waals surface area (Å²) in [6.07, 6.45) is 7.77. The number of piperazine rings is 1. The van der Waals surface area contributed by atoms with Crippen LogP contribution < -0.4 is 0 Å². The number of carbonyl (C=O) groups is 1. The topological polar surface area (TPSA) is 47.3 Å². The second-order valence-corrected chi connectivity index (χ2v) is 6.77. The van der Waals surface area contributed by atoms with Crippen molar-refractivity contribution in [1.82, 2.24) is 9.80 Å². The Morgan fingerprint density at radius 1 is 1.00 bits per heavy atom. The Morgan fingerprint density at radius 3 is 2.09 bits per heavy atom. The van der Waals surface area contributed by atoms with Gasteiger partial charge in [0.15, 0.2) is 0 Å². The molecule has 23 heavy (non-hydrogen) atoms. The number of nitrogens with zero attached hydrogens (tertiary/aromatic N) is 3. The van der Waals surface area contributed by atoms with Crippen LogP contribution in [0.25, 0.3) is 0 Å². The molecule has 3 fully saturated rings. The molecule has 1 amide bonds. The number of hydrogen-bond donors (Lipinski definition) is 0. The number of rotatable bonds is 3. The lowest BCUT2D eigenvalue weighted by Gasteiger charge is -2.42. The van der Waals surface area contributed by atoms with Crippen LogP contribution in [0.3, 0.4) is 0 Å². The van der Waals surface area contributed by atoms with Gasteiger partial charge in [-0.3, -0.25) is 9.69 Å². The quantitative estimate of drug-likeness (QED) is 0.806. The number of hydrogen-bond acceptors (Lipinski definition) is 3. The first-order chi connectivity index (χ1) is 11.3. The summed E-state index contributed by atoms with van der Waals surface area (Å²) >= 11 is 0. The molecule has 0 N–H and O–H groups in total. The van der Waals surface area contributed by atoms with E-state index < -0.39 is 0 Å². The fourth-order valence-electron chi connectivity index (χ4n) is 3.21. The summed E-state index contributed by atoms with van der Waals surface area (Å²) in [4.78, 5) is 14.8. The van der Waals surface area contributed by atoms with Gasteiger partial charge in [0.05, 0.1) is 11.6 Å². The van der Waals surface area contributed by atoms with Gasteiger partial charge in [-0.05, 0) is 49.3 Å². The Hall–Kier alpha value is -1.86. The van der Waals surface area contributed by atoms with Gasteiger partial charge in [0.1, 0.15) is 0 Å². The molecule has 1 aromatic rings. The maximum Gasteiger partial charge on any atom is 0.209 e. The number of benzene rings is 1. The van der Waals surface area contributed by atoms with E-state index in [0.29, 0.717) is 0 Å². The fraction of sp³-hybridized carbons (Fsp3) is 0.579. The molecule has 4 nitrogen and oxygen atoms in total. The Labute approximate surface area is 138 Å². The number of nitriles is 1. The molecule has 2 saturated carbocycles. The van der Waals surface area contributed by atoms with Gasteiger partial charge in [-0.15, -0.1) is 0 Å². The number of amides is 1. The minimum absolute atomic E-state index is 0.759. The van der Waals surface area contributed by atoms with E-state index in [-0.39, 0.29) is 0 Å². The molecule has 1 heterocycles. The Kier molecular flexibility index (Phi) is 5.30. The first-order valence-corrected chi connectivity index (χ1v) is 8.73. The van der Waals surface area contributed by atoms with E-state index in [1.54, 1.807) is 0 Å². The molecule has 0 radical (unpaired) electrons. The molecule has 1 saturated heterocycles. The van der Waals surface area contributed by atoms with Crippen molar-refractivity contribution in [3.63, 3.8) is 0 Å². The van der Waals surface area contributed by atoms with E-state index in [2.05, 4.69) is 23.1 Å². The summed E-state index contributed by atoms with van der Waals surface area (Å²) in [6.45, 7) is 4.03. The Morgan fingerprint density at radius 2 is 1.65 bits per heavy atom. The first-order valence-electron chi connectivity index (χ1n) is 8.73. The molecule has 0 bridgehead atoms. The van der Waals surface area contributed by atoms with Crippen molar-refractivity contribution in [2.45, 2.75) is 44.1 Å². The summed E-state index contributed by atoms with van der Waals surface area (Å²) in [5.74, 6) is 0.794. The van der Waals surface area contributed by atoms with E-state index >= 15 is 0 Å². The van der Waals surface area contributed by atoms with Crippen LogP contribution in [0.2, 0.25) is 0 Å². The van der Waals surface area contributed by atoms with Gasteiger partial charge < -0.3 is 4.90 Å². The second-order valence-electron chi connectivity index (χ2n) is 6.77. The average molecular weight is 311 g/mol. The fourth-order valence-corrected chi connectivity index (χ4v) is 3.21. The minimum Gasteiger partial charge on any atom is -0.343 e. The summed E-state index contributed by atoms with van der Waals surface area (Å²) in [5, 5.41) is 8.53. The monoisotopic (exact) mass is 311 g/mol. The lowest BCUT2D eigenvalue weighted by atomic mass is 9.91. The molecular weight excluding hydrogens is 286 g/mol. The van der Waals surface area contributed by atoms with Crippen molar-refractivity contribution < 1.29 is 4.79 Å². The van der Waals surface area contributed by atoms with Gasteiger partial charge in [0, 0.05) is 32.2 Å². The third kappa shape index (κ3) is 4.33. The van der Waals surface area contributed by atoms with Gasteiger partial charge in [-0.2, -0.15) is 5.26 Å². The predicted octanol–water partition coefficient (Wildman–Crippen LogP) is 2.75. The maximum atomic E-state index is 10.4. The molecule has 1 aliphatic heterocycles. The van der Waals surface area contributed by atoms with Crippen LogP contribution in [0, 0.1) is 11.3 Å². The lowest BCUT2D eigenvalue weighted by Crippen LogP contribution is -2.51. The molecule has 3 aliphatic rings. The smallest absolute Gasteiger partial charge is 0.209 e. The van der Waals surface area contributed by atoms with E-state index in [1.165, 1.54) is 37.7 Å². The van der Waals surface area contributed by atoms with Crippen LogP contribution >= 0.6 is 0 Å². The molecule has 4 rings (SSSR count). The van der Waals surface area contributed by atoms with Gasteiger partial charge in [-0.25, -0.2) is 0 Å². The minimum atomic E-state index is 0.759. The summed E-state index contributed by atoms with van der Waals surface area (Å²) in [7, 11) is 0. The highest BCUT2D eigenvalue weighted by atomic mass is 16.1. The Bertz CT molecular complexity index is 547. The molecule has 0 unspecified atom stereocenters. The molecule has 0 spiro atoms. The zero-order valence-electron chi connectivity index (χ0n) is 13.7. The van der Waals surface area contributed by atoms with Gasteiger partial charge in [0.2, 0.25) is 6.41 Å². The molecule has 122 valence electrons. The van der Waals surface area contributed by atoms with Crippen LogP contribution in [-0.4, -0.2) is 48.4 Å². The molecule has 1 aromatic carbocycles. The third-order valence-electron chi connectivity index (χ3n) is 5.18. The normalized spacial score (nSPS) is 21.6. The van der Waals surface area contributed by atoms with Crippen molar-refractivity contribution in [2.75, 3.05) is 26.2 Å². The zero-order valence-corrected chi connectivity index (χ0v) is 13.7. The van der Waals surface area contributed by atoms with Crippen LogP contribution in [0.15, 0.2) is 24.3 Å². The highest BCUT2D eigenvalue weighted by Crippen LogP contribution is 2.39. The van der Waals surface area contributed by atoms with E-state index in [0.717, 1.165) is 50.1 Å². The van der Waals surface area contributed by atoms with Crippen molar-refractivity contribution in [3.8, 4) is 6.07 Å². The standard InChI is InChI=1S/C10H9N.C9H16N2O/c11-7-8-1-3-9(4-2-8)10-5-6-10;12-8-10-4-6-11(7-5-10)9-2-1-3-9/h1-4,10H,5-6H2;8-9H,1-7H2. The third-order valence-corrected chi connectivity index (χ3v) is 5.18. The van der Waals surface area contributed by atoms with E-state index in [1.807, 2.05) is 17.0 Å². The van der Waals surface area contributed by atoms with Crippen molar-refractivity contribution in [2.24, 2.45) is 0 Å². The van der Waals surface area contributed by atoms with Crippen LogP contribution in [0.4, 0.5) is 0 Å². The molecule has 2 aliphatic carbocycles. The van der Waals surface area contributed by atoms with E-state index in [9.17, 15) is 4.79 Å². The SMILES string of the molecule is N#Cc1ccc(C2CC2)cc1.O=CN1CCN(C2CCC2)CC1. The van der Waals surface area contributed by atoms with Gasteiger partial charge in [-0.1, -0.05) is 18.6 Å². The van der Waals surface area contributed by atoms with Gasteiger partial charge >= 0.3 is 0 Å². The van der Waals surface area contributed by atoms with Crippen LogP contribution in [0.1, 0.15) is 49.1 Å². The van der Waals surface area contributed by atoms with Crippen molar-refractivity contribution in [1.29, 1.82) is 5.26 Å². The molecule has 0 aromatic heterocycles. The van der Waals surface area contributed by atoms with Crippen LogP contribution in [-0.2, 0) is 4.79 Å². The molecular formula is C19H25N3O. The highest BCUT2D eigenvalue weighted by molar-refractivity contribution is 5.47. The molecule has 4 heteroatoms. The van der Waals surface area contributed by atoms with E-state index in [4.69, 9.17) is 5.26 Å². The Balaban J connectivity index is 0.000000136. The predicted molar refractivity (Wildman–Crippen MR) is 90.0 cm³/mol. The first kappa shape index (κ1) is 16.0. The average Bonchev–Trinajstić information content (AvgIpc) is 3.40. The number of carbonyl (C=O) groups excluding carboxylic acids is 1. The van der Waals surface area contributed by atoms with Crippen molar-refractivity contribution in [3.05, 3.63) is 35.4 Å². The highest BCUT2D eigenvalue weighted by Gasteiger charge is 2.27. The van der Waals surface area contributed by atoms with Crippen LogP contribution in [0.5, 0.6) is 0 Å². The second kappa shape index (κ2) is 7.61. The summed E-state index contributed by atoms with van der Waals surface area (Å²) in [5.41, 5.74) is 2.15. The van der Waals surface area contributed by atoms with Crippen molar-refractivity contribution >= 4 is 6.41 Å². The molecule has 0 atom stereocenters. The largest absolute Gasteiger partial charge is 0.343 e. The summed E-state index contributed by atoms with van der Waals surface area (Å²) < 4.78 is 0.